The van der Waals surface area contributed by atoms with Gasteiger partial charge in [-0.15, -0.1) is 0 Å². The first-order valence-corrected chi connectivity index (χ1v) is 6.53. The fraction of sp³-hybridized carbons (Fsp3) is 0.500. The number of aliphatic carboxylic acids is 1. The highest BCUT2D eigenvalue weighted by molar-refractivity contribution is 5.72. The second-order valence-corrected chi connectivity index (χ2v) is 4.21. The van der Waals surface area contributed by atoms with Gasteiger partial charge in [0.05, 0.1) is 13.2 Å². The van der Waals surface area contributed by atoms with Crippen LogP contribution in [0, 0.1) is 0 Å². The molecule has 0 radical (unpaired) electrons. The Bertz CT molecular complexity index is 420. The first-order valence-electron chi connectivity index (χ1n) is 6.53. The van der Waals surface area contributed by atoms with E-state index in [0.29, 0.717) is 30.3 Å². The molecule has 5 heteroatoms. The van der Waals surface area contributed by atoms with E-state index < -0.39 is 12.0 Å². The van der Waals surface area contributed by atoms with Crippen LogP contribution in [0.5, 0.6) is 11.5 Å². The molecule has 0 heterocycles. The number of hydrogen-bond donors (Lipinski definition) is 1. The third-order valence-electron chi connectivity index (χ3n) is 2.71. The normalized spacial score (nSPS) is 11.9. The molecule has 1 rings (SSSR count). The highest BCUT2D eigenvalue weighted by atomic mass is 16.5. The SMILES string of the molecule is CCCCOc1ccc([C@@H]([NH3+])C(=O)[O-])cc1OCC. The van der Waals surface area contributed by atoms with Crippen LogP contribution >= 0.6 is 0 Å². The van der Waals surface area contributed by atoms with Gasteiger partial charge in [-0.25, -0.2) is 0 Å². The molecule has 0 bridgehead atoms. The number of carboxylic acid groups (broad SMARTS) is 1. The van der Waals surface area contributed by atoms with Crippen molar-refractivity contribution in [2.75, 3.05) is 13.2 Å². The Morgan fingerprint density at radius 3 is 2.63 bits per heavy atom. The van der Waals surface area contributed by atoms with E-state index in [1.807, 2.05) is 6.92 Å². The average molecular weight is 267 g/mol. The maximum absolute atomic E-state index is 10.8. The van der Waals surface area contributed by atoms with Gasteiger partial charge in [0, 0.05) is 5.56 Å². The number of rotatable bonds is 8. The van der Waals surface area contributed by atoms with Gasteiger partial charge in [0.2, 0.25) is 0 Å². The number of quaternary nitrogens is 1. The zero-order chi connectivity index (χ0) is 14.3. The number of ether oxygens (including phenoxy) is 2. The van der Waals surface area contributed by atoms with E-state index in [1.54, 1.807) is 18.2 Å². The maximum atomic E-state index is 10.8. The fourth-order valence-corrected chi connectivity index (χ4v) is 1.59. The Morgan fingerprint density at radius 2 is 2.05 bits per heavy atom. The summed E-state index contributed by atoms with van der Waals surface area (Å²) in [5.74, 6) is -0.0299. The summed E-state index contributed by atoms with van der Waals surface area (Å²) < 4.78 is 11.1. The topological polar surface area (TPSA) is 86.2 Å². The van der Waals surface area contributed by atoms with Crippen LogP contribution in [-0.4, -0.2) is 19.2 Å². The number of hydrogen-bond acceptors (Lipinski definition) is 4. The molecule has 0 amide bonds. The van der Waals surface area contributed by atoms with Gasteiger partial charge in [0.1, 0.15) is 5.97 Å². The number of benzene rings is 1. The molecular weight excluding hydrogens is 246 g/mol. The first-order chi connectivity index (χ1) is 9.10. The van der Waals surface area contributed by atoms with Crippen LogP contribution in [0.15, 0.2) is 18.2 Å². The summed E-state index contributed by atoms with van der Waals surface area (Å²) in [5.41, 5.74) is 4.10. The molecule has 0 fully saturated rings. The standard InChI is InChI=1S/C14H21NO4/c1-3-5-8-19-11-7-6-10(13(15)14(16)17)9-12(11)18-4-2/h6-7,9,13H,3-5,8,15H2,1-2H3,(H,16,17)/t13-/m1/s1. The van der Waals surface area contributed by atoms with Crippen molar-refractivity contribution in [1.29, 1.82) is 0 Å². The van der Waals surface area contributed by atoms with E-state index in [-0.39, 0.29) is 0 Å². The van der Waals surface area contributed by atoms with Gasteiger partial charge in [-0.05, 0) is 31.5 Å². The number of carbonyl (C=O) groups excluding carboxylic acids is 1. The van der Waals surface area contributed by atoms with Crippen LogP contribution in [0.2, 0.25) is 0 Å². The summed E-state index contributed by atoms with van der Waals surface area (Å²) in [4.78, 5) is 10.8. The lowest BCUT2D eigenvalue weighted by Crippen LogP contribution is -2.61. The van der Waals surface area contributed by atoms with Gasteiger partial charge in [-0.1, -0.05) is 13.3 Å². The van der Waals surface area contributed by atoms with Crippen molar-refractivity contribution in [1.82, 2.24) is 0 Å². The van der Waals surface area contributed by atoms with Crippen molar-refractivity contribution in [3.63, 3.8) is 0 Å². The second-order valence-electron chi connectivity index (χ2n) is 4.21. The van der Waals surface area contributed by atoms with Crippen molar-refractivity contribution in [3.8, 4) is 11.5 Å². The number of carbonyl (C=O) groups is 1. The quantitative estimate of drug-likeness (QED) is 0.686. The lowest BCUT2D eigenvalue weighted by molar-refractivity contribution is -0.443. The van der Waals surface area contributed by atoms with Crippen molar-refractivity contribution in [2.24, 2.45) is 0 Å². The summed E-state index contributed by atoms with van der Waals surface area (Å²) in [6, 6.07) is 4.14. The molecule has 1 atom stereocenters. The van der Waals surface area contributed by atoms with Crippen molar-refractivity contribution in [2.45, 2.75) is 32.7 Å². The third-order valence-corrected chi connectivity index (χ3v) is 2.71. The Hall–Kier alpha value is -1.75. The summed E-state index contributed by atoms with van der Waals surface area (Å²) in [5, 5.41) is 10.8. The summed E-state index contributed by atoms with van der Waals surface area (Å²) in [6.45, 7) is 5.05. The largest absolute Gasteiger partial charge is 0.544 e. The molecule has 1 aromatic carbocycles. The Morgan fingerprint density at radius 1 is 1.32 bits per heavy atom. The van der Waals surface area contributed by atoms with Crippen LogP contribution in [-0.2, 0) is 4.79 Å². The molecule has 0 aliphatic rings. The predicted molar refractivity (Wildman–Crippen MR) is 68.7 cm³/mol. The molecule has 0 saturated carbocycles. The Balaban J connectivity index is 2.90. The molecule has 0 aliphatic carbocycles. The van der Waals surface area contributed by atoms with E-state index >= 15 is 0 Å². The molecule has 0 aromatic heterocycles. The Labute approximate surface area is 113 Å². The van der Waals surface area contributed by atoms with Gasteiger partial charge < -0.3 is 25.1 Å². The lowest BCUT2D eigenvalue weighted by atomic mass is 10.1. The van der Waals surface area contributed by atoms with Crippen LogP contribution < -0.4 is 20.3 Å². The predicted octanol–water partition coefficient (Wildman–Crippen LogP) is 0.297. The van der Waals surface area contributed by atoms with E-state index in [4.69, 9.17) is 9.47 Å². The van der Waals surface area contributed by atoms with E-state index in [1.165, 1.54) is 0 Å². The fourth-order valence-electron chi connectivity index (χ4n) is 1.59. The number of carboxylic acids is 1. The number of unbranched alkanes of at least 4 members (excludes halogenated alkanes) is 1. The minimum Gasteiger partial charge on any atom is -0.544 e. The van der Waals surface area contributed by atoms with E-state index in [0.717, 1.165) is 12.8 Å². The van der Waals surface area contributed by atoms with Crippen LogP contribution in [0.25, 0.3) is 0 Å². The molecule has 19 heavy (non-hydrogen) atoms. The molecule has 0 saturated heterocycles. The molecule has 5 nitrogen and oxygen atoms in total. The van der Waals surface area contributed by atoms with E-state index in [2.05, 4.69) is 12.7 Å². The maximum Gasteiger partial charge on any atom is 0.161 e. The molecular formula is C14H21NO4. The van der Waals surface area contributed by atoms with Crippen molar-refractivity contribution < 1.29 is 25.1 Å². The molecule has 106 valence electrons. The smallest absolute Gasteiger partial charge is 0.161 e. The lowest BCUT2D eigenvalue weighted by Gasteiger charge is -2.15. The zero-order valence-electron chi connectivity index (χ0n) is 11.5. The van der Waals surface area contributed by atoms with Crippen LogP contribution in [0.3, 0.4) is 0 Å². The molecule has 0 spiro atoms. The van der Waals surface area contributed by atoms with Gasteiger partial charge in [0.25, 0.3) is 0 Å². The molecule has 3 N–H and O–H groups in total. The molecule has 0 unspecified atom stereocenters. The second kappa shape index (κ2) is 7.63. The minimum absolute atomic E-state index is 0.487. The molecule has 1 aromatic rings. The zero-order valence-corrected chi connectivity index (χ0v) is 11.5. The van der Waals surface area contributed by atoms with Crippen LogP contribution in [0.1, 0.15) is 38.3 Å². The summed E-state index contributed by atoms with van der Waals surface area (Å²) in [7, 11) is 0. The van der Waals surface area contributed by atoms with Gasteiger partial charge in [0.15, 0.2) is 17.5 Å². The monoisotopic (exact) mass is 267 g/mol. The van der Waals surface area contributed by atoms with Crippen molar-refractivity contribution >= 4 is 5.97 Å². The average Bonchev–Trinajstić information content (AvgIpc) is 2.40. The van der Waals surface area contributed by atoms with Gasteiger partial charge in [-0.3, -0.25) is 0 Å². The van der Waals surface area contributed by atoms with Gasteiger partial charge in [-0.2, -0.15) is 0 Å². The summed E-state index contributed by atoms with van der Waals surface area (Å²) in [6.07, 6.45) is 2.01. The minimum atomic E-state index is -1.21. The van der Waals surface area contributed by atoms with Crippen molar-refractivity contribution in [3.05, 3.63) is 23.8 Å². The summed E-state index contributed by atoms with van der Waals surface area (Å²) >= 11 is 0. The molecule has 0 aliphatic heterocycles. The van der Waals surface area contributed by atoms with Crippen LogP contribution in [0.4, 0.5) is 0 Å². The first kappa shape index (κ1) is 15.3. The van der Waals surface area contributed by atoms with Gasteiger partial charge >= 0.3 is 0 Å². The van der Waals surface area contributed by atoms with E-state index in [9.17, 15) is 9.90 Å². The highest BCUT2D eigenvalue weighted by Gasteiger charge is 2.14. The highest BCUT2D eigenvalue weighted by Crippen LogP contribution is 2.30. The third kappa shape index (κ3) is 4.44. The Kier molecular flexibility index (Phi) is 6.15.